The molecule has 4 aliphatic heterocycles. The monoisotopic (exact) mass is 747 g/mol. The number of pyridine rings is 1. The molecular weight excluding hydrogens is 695 g/mol. The summed E-state index contributed by atoms with van der Waals surface area (Å²) in [6, 6.07) is 13.0. The Morgan fingerprint density at radius 3 is 1.91 bits per heavy atom. The SMILES string of the molecule is CC[C@@]12CCC3(C[C@@H]1CCOc1cc4[nH]ncc4cc12)OCCO3.CC[C@@]12CCC3(C[C@@H]1CCOc1cc4c(cnn4-c4ccnc(C)c4)cc12)OCCO3. The van der Waals surface area contributed by atoms with Gasteiger partial charge in [-0.2, -0.15) is 10.2 Å². The lowest BCUT2D eigenvalue weighted by molar-refractivity contribution is -0.199. The number of hydrogen-bond donors (Lipinski definition) is 1. The van der Waals surface area contributed by atoms with E-state index in [0.717, 1.165) is 130 Å². The van der Waals surface area contributed by atoms with Crippen molar-refractivity contribution in [2.24, 2.45) is 11.8 Å². The summed E-state index contributed by atoms with van der Waals surface area (Å²) in [6.07, 6.45) is 16.0. The molecule has 2 spiro atoms. The van der Waals surface area contributed by atoms with Crippen LogP contribution in [0, 0.1) is 18.8 Å². The average molecular weight is 748 g/mol. The highest BCUT2D eigenvalue weighted by Crippen LogP contribution is 2.58. The molecule has 11 heteroatoms. The van der Waals surface area contributed by atoms with Gasteiger partial charge in [-0.05, 0) is 81.5 Å². The van der Waals surface area contributed by atoms with E-state index in [1.165, 1.54) is 16.5 Å². The molecular formula is C44H53N5O6. The lowest BCUT2D eigenvalue weighted by Crippen LogP contribution is -2.48. The largest absolute Gasteiger partial charge is 0.493 e. The predicted molar refractivity (Wildman–Crippen MR) is 208 cm³/mol. The van der Waals surface area contributed by atoms with Crippen LogP contribution in [0.3, 0.4) is 0 Å². The highest BCUT2D eigenvalue weighted by atomic mass is 16.7. The first kappa shape index (κ1) is 35.4. The molecule has 3 aromatic heterocycles. The second kappa shape index (κ2) is 13.6. The van der Waals surface area contributed by atoms with Crippen LogP contribution < -0.4 is 9.47 Å². The molecule has 4 fully saturated rings. The predicted octanol–water partition coefficient (Wildman–Crippen LogP) is 8.24. The Bertz CT molecular complexity index is 2200. The van der Waals surface area contributed by atoms with Gasteiger partial charge in [-0.25, -0.2) is 4.68 Å². The van der Waals surface area contributed by atoms with Crippen LogP contribution in [-0.2, 0) is 29.8 Å². The van der Waals surface area contributed by atoms with Gasteiger partial charge in [0.1, 0.15) is 11.5 Å². The van der Waals surface area contributed by atoms with Crippen molar-refractivity contribution in [1.29, 1.82) is 0 Å². The second-order valence-electron chi connectivity index (χ2n) is 16.7. The molecule has 0 radical (unpaired) electrons. The molecule has 5 aromatic rings. The molecule has 11 rings (SSSR count). The molecule has 2 saturated carbocycles. The van der Waals surface area contributed by atoms with Crippen LogP contribution in [0.5, 0.6) is 11.5 Å². The number of H-pyrrole nitrogens is 1. The average Bonchev–Trinajstić information content (AvgIpc) is 4.01. The van der Waals surface area contributed by atoms with Crippen molar-refractivity contribution in [2.45, 2.75) is 107 Å². The number of ether oxygens (including phenoxy) is 6. The van der Waals surface area contributed by atoms with Gasteiger partial charge in [0.25, 0.3) is 0 Å². The fraction of sp³-hybridized carbons (Fsp3) is 0.568. The Hall–Kier alpha value is -4.03. The van der Waals surface area contributed by atoms with Crippen molar-refractivity contribution >= 4 is 21.8 Å². The highest BCUT2D eigenvalue weighted by molar-refractivity contribution is 5.84. The lowest BCUT2D eigenvalue weighted by atomic mass is 9.59. The van der Waals surface area contributed by atoms with Gasteiger partial charge in [0.05, 0.1) is 68.8 Å². The number of aromatic nitrogens is 5. The zero-order valence-corrected chi connectivity index (χ0v) is 32.4. The summed E-state index contributed by atoms with van der Waals surface area (Å²) in [5.41, 5.74) is 7.06. The maximum absolute atomic E-state index is 6.38. The summed E-state index contributed by atoms with van der Waals surface area (Å²) < 4.78 is 38.8. The van der Waals surface area contributed by atoms with Crippen LogP contribution >= 0.6 is 0 Å². The van der Waals surface area contributed by atoms with Gasteiger partial charge < -0.3 is 28.4 Å². The molecule has 0 amide bonds. The minimum atomic E-state index is -0.373. The number of aryl methyl sites for hydroxylation is 1. The third kappa shape index (κ3) is 5.79. The van der Waals surface area contributed by atoms with E-state index in [4.69, 9.17) is 33.5 Å². The van der Waals surface area contributed by atoms with Crippen molar-refractivity contribution < 1.29 is 28.4 Å². The number of nitrogens with zero attached hydrogens (tertiary/aromatic N) is 4. The molecule has 2 aromatic carbocycles. The van der Waals surface area contributed by atoms with E-state index in [0.29, 0.717) is 25.0 Å². The number of benzene rings is 2. The van der Waals surface area contributed by atoms with Gasteiger partial charge in [-0.1, -0.05) is 13.8 Å². The molecule has 7 heterocycles. The van der Waals surface area contributed by atoms with E-state index < -0.39 is 0 Å². The van der Waals surface area contributed by atoms with Crippen molar-refractivity contribution in [2.75, 3.05) is 39.6 Å². The van der Waals surface area contributed by atoms with E-state index in [1.807, 2.05) is 36.3 Å². The zero-order valence-electron chi connectivity index (χ0n) is 32.4. The van der Waals surface area contributed by atoms with Gasteiger partial charge in [-0.3, -0.25) is 10.1 Å². The molecule has 0 bridgehead atoms. The number of fused-ring (bicyclic) bond motifs is 8. The van der Waals surface area contributed by atoms with Crippen LogP contribution in [0.2, 0.25) is 0 Å². The fourth-order valence-corrected chi connectivity index (χ4v) is 11.4. The highest BCUT2D eigenvalue weighted by Gasteiger charge is 2.55. The minimum absolute atomic E-state index is 0.0932. The smallest absolute Gasteiger partial charge is 0.168 e. The van der Waals surface area contributed by atoms with Crippen LogP contribution in [-0.4, -0.2) is 76.2 Å². The van der Waals surface area contributed by atoms with E-state index in [-0.39, 0.29) is 22.4 Å². The molecule has 1 N–H and O–H groups in total. The Morgan fingerprint density at radius 2 is 1.31 bits per heavy atom. The number of aromatic amines is 1. The first-order valence-corrected chi connectivity index (χ1v) is 20.6. The van der Waals surface area contributed by atoms with Crippen molar-refractivity contribution in [1.82, 2.24) is 25.0 Å². The van der Waals surface area contributed by atoms with Crippen LogP contribution in [0.25, 0.3) is 27.5 Å². The van der Waals surface area contributed by atoms with Gasteiger partial charge in [0.15, 0.2) is 11.6 Å². The van der Waals surface area contributed by atoms with Crippen molar-refractivity contribution in [3.05, 3.63) is 71.8 Å². The van der Waals surface area contributed by atoms with Crippen molar-refractivity contribution in [3.8, 4) is 17.2 Å². The lowest BCUT2D eigenvalue weighted by Gasteiger charge is -2.49. The van der Waals surface area contributed by atoms with Gasteiger partial charge in [0.2, 0.25) is 0 Å². The maximum atomic E-state index is 6.38. The van der Waals surface area contributed by atoms with Crippen LogP contribution in [0.4, 0.5) is 0 Å². The molecule has 4 atom stereocenters. The van der Waals surface area contributed by atoms with E-state index in [2.05, 4.69) is 59.4 Å². The Morgan fingerprint density at radius 1 is 0.709 bits per heavy atom. The standard InChI is InChI=1S/C25H29N3O3.C19H24N2O3/c1-3-24-6-7-25(30-10-11-31-25)15-19(24)5-9-29-23-14-22-18(13-21(23)24)16-27-28(22)20-4-8-26-17(2)12-20;1-2-18-4-5-19(23-7-8-24-19)11-14(18)3-6-22-17-10-16-13(9-15(17)18)12-20-21-16/h4,8,12-14,16,19H,3,5-7,9-11,15H2,1-2H3;9-10,12,14H,2-8,11H2,1H3,(H,20,21)/t19-,24+;14-,18+/m00/s1. The number of nitrogens with one attached hydrogen (secondary N) is 1. The normalized spacial score (nSPS) is 28.9. The molecule has 55 heavy (non-hydrogen) atoms. The zero-order chi connectivity index (χ0) is 37.3. The maximum Gasteiger partial charge on any atom is 0.168 e. The van der Waals surface area contributed by atoms with Gasteiger partial charge >= 0.3 is 0 Å². The Balaban J connectivity index is 0.000000140. The molecule has 6 aliphatic rings. The summed E-state index contributed by atoms with van der Waals surface area (Å²) in [6.45, 7) is 11.0. The van der Waals surface area contributed by atoms with E-state index in [9.17, 15) is 0 Å². The van der Waals surface area contributed by atoms with E-state index >= 15 is 0 Å². The number of rotatable bonds is 3. The summed E-state index contributed by atoms with van der Waals surface area (Å²) in [5.74, 6) is 2.34. The molecule has 0 unspecified atom stereocenters. The molecule has 290 valence electrons. The topological polar surface area (TPSA) is 115 Å². The van der Waals surface area contributed by atoms with Crippen LogP contribution in [0.1, 0.15) is 94.9 Å². The van der Waals surface area contributed by atoms with Gasteiger partial charge in [0, 0.05) is 82.4 Å². The van der Waals surface area contributed by atoms with Crippen LogP contribution in [0.15, 0.2) is 55.0 Å². The minimum Gasteiger partial charge on any atom is -0.493 e. The number of hydrogen-bond acceptors (Lipinski definition) is 9. The quantitative estimate of drug-likeness (QED) is 0.195. The third-order valence-corrected chi connectivity index (χ3v) is 14.3. The summed E-state index contributed by atoms with van der Waals surface area (Å²) in [7, 11) is 0. The summed E-state index contributed by atoms with van der Waals surface area (Å²) >= 11 is 0. The molecule has 2 saturated heterocycles. The summed E-state index contributed by atoms with van der Waals surface area (Å²) in [5, 5.41) is 14.3. The third-order valence-electron chi connectivity index (χ3n) is 14.3. The Labute approximate surface area is 322 Å². The first-order chi connectivity index (χ1) is 26.9. The molecule has 2 aliphatic carbocycles. The van der Waals surface area contributed by atoms with Crippen molar-refractivity contribution in [3.63, 3.8) is 0 Å². The first-order valence-electron chi connectivity index (χ1n) is 20.6. The fourth-order valence-electron chi connectivity index (χ4n) is 11.4. The van der Waals surface area contributed by atoms with Gasteiger partial charge in [-0.15, -0.1) is 0 Å². The second-order valence-corrected chi connectivity index (χ2v) is 16.7. The van der Waals surface area contributed by atoms with E-state index in [1.54, 1.807) is 0 Å². The summed E-state index contributed by atoms with van der Waals surface area (Å²) in [4.78, 5) is 4.32. The Kier molecular flexibility index (Phi) is 8.73. The molecule has 11 nitrogen and oxygen atoms in total.